The van der Waals surface area contributed by atoms with Crippen molar-refractivity contribution < 1.29 is 14.7 Å². The minimum absolute atomic E-state index is 0.0499. The van der Waals surface area contributed by atoms with Crippen molar-refractivity contribution >= 4 is 29.2 Å². The molecule has 1 aromatic carbocycles. The molecule has 0 spiro atoms. The molecule has 0 fully saturated rings. The van der Waals surface area contributed by atoms with Crippen LogP contribution in [-0.4, -0.2) is 22.5 Å². The van der Waals surface area contributed by atoms with E-state index in [1.165, 1.54) is 18.2 Å². The summed E-state index contributed by atoms with van der Waals surface area (Å²) in [6, 6.07) is 4.10. The number of nitrogens with two attached hydrogens (primary N) is 1. The Kier molecular flexibility index (Phi) is 4.91. The number of benzene rings is 1. The van der Waals surface area contributed by atoms with Gasteiger partial charge in [-0.15, -0.1) is 0 Å². The molecular formula is C13H17ClN2O3. The Bertz CT molecular complexity index is 501. The number of amides is 1. The van der Waals surface area contributed by atoms with Crippen LogP contribution in [0.25, 0.3) is 0 Å². The van der Waals surface area contributed by atoms with Crippen LogP contribution in [0.15, 0.2) is 18.2 Å². The number of carboxylic acid groups (broad SMARTS) is 1. The highest BCUT2D eigenvalue weighted by Gasteiger charge is 2.27. The molecule has 0 radical (unpaired) electrons. The maximum absolute atomic E-state index is 12.0. The summed E-state index contributed by atoms with van der Waals surface area (Å²) in [5.74, 6) is -1.48. The van der Waals surface area contributed by atoms with E-state index in [9.17, 15) is 9.59 Å². The van der Waals surface area contributed by atoms with Crippen LogP contribution in [-0.2, 0) is 4.79 Å². The minimum atomic E-state index is -1.09. The van der Waals surface area contributed by atoms with E-state index in [1.807, 2.05) is 6.92 Å². The van der Waals surface area contributed by atoms with Gasteiger partial charge in [0.25, 0.3) is 0 Å². The quantitative estimate of drug-likeness (QED) is 0.774. The Balaban J connectivity index is 2.96. The summed E-state index contributed by atoms with van der Waals surface area (Å²) < 4.78 is 0. The average molecular weight is 285 g/mol. The zero-order valence-corrected chi connectivity index (χ0v) is 11.6. The molecule has 6 heteroatoms. The molecule has 0 saturated carbocycles. The summed E-state index contributed by atoms with van der Waals surface area (Å²) in [5, 5.41) is 11.7. The number of carboxylic acids is 1. The number of hydrogen-bond donors (Lipinski definition) is 3. The lowest BCUT2D eigenvalue weighted by Gasteiger charge is -2.23. The Morgan fingerprint density at radius 3 is 2.63 bits per heavy atom. The molecule has 0 aliphatic rings. The SMILES string of the molecule is CCCC(C)(N)C(=O)Nc1cc(C(=O)O)ccc1Cl. The molecule has 4 N–H and O–H groups in total. The zero-order valence-electron chi connectivity index (χ0n) is 10.9. The number of carbonyl (C=O) groups excluding carboxylic acids is 1. The predicted molar refractivity (Wildman–Crippen MR) is 74.5 cm³/mol. The van der Waals surface area contributed by atoms with Crippen molar-refractivity contribution in [3.63, 3.8) is 0 Å². The maximum Gasteiger partial charge on any atom is 0.335 e. The molecular weight excluding hydrogens is 268 g/mol. The number of aromatic carboxylic acids is 1. The summed E-state index contributed by atoms with van der Waals surface area (Å²) in [6.07, 6.45) is 1.29. The first-order valence-electron chi connectivity index (χ1n) is 5.91. The van der Waals surface area contributed by atoms with Crippen molar-refractivity contribution in [2.75, 3.05) is 5.32 Å². The van der Waals surface area contributed by atoms with E-state index in [4.69, 9.17) is 22.4 Å². The molecule has 1 amide bonds. The lowest BCUT2D eigenvalue weighted by molar-refractivity contribution is -0.120. The molecule has 1 rings (SSSR count). The monoisotopic (exact) mass is 284 g/mol. The predicted octanol–water partition coefficient (Wildman–Crippen LogP) is 2.49. The second kappa shape index (κ2) is 6.04. The van der Waals surface area contributed by atoms with Gasteiger partial charge in [0, 0.05) is 0 Å². The van der Waals surface area contributed by atoms with E-state index in [2.05, 4.69) is 5.32 Å². The molecule has 5 nitrogen and oxygen atoms in total. The summed E-state index contributed by atoms with van der Waals surface area (Å²) in [6.45, 7) is 3.55. The minimum Gasteiger partial charge on any atom is -0.478 e. The van der Waals surface area contributed by atoms with Gasteiger partial charge in [0.2, 0.25) is 5.91 Å². The number of rotatable bonds is 5. The van der Waals surface area contributed by atoms with Gasteiger partial charge in [0.1, 0.15) is 0 Å². The van der Waals surface area contributed by atoms with Crippen LogP contribution in [0, 0.1) is 0 Å². The second-order valence-corrected chi connectivity index (χ2v) is 5.03. The van der Waals surface area contributed by atoms with Crippen molar-refractivity contribution in [3.8, 4) is 0 Å². The standard InChI is InChI=1S/C13H17ClN2O3/c1-3-6-13(2,15)12(19)16-10-7-8(11(17)18)4-5-9(10)14/h4-5,7H,3,6,15H2,1-2H3,(H,16,19)(H,17,18). The van der Waals surface area contributed by atoms with Crippen LogP contribution in [0.2, 0.25) is 5.02 Å². The molecule has 19 heavy (non-hydrogen) atoms. The van der Waals surface area contributed by atoms with Gasteiger partial charge < -0.3 is 16.2 Å². The van der Waals surface area contributed by atoms with Gasteiger partial charge in [-0.2, -0.15) is 0 Å². The van der Waals surface area contributed by atoms with Crippen LogP contribution in [0.4, 0.5) is 5.69 Å². The lowest BCUT2D eigenvalue weighted by Crippen LogP contribution is -2.48. The van der Waals surface area contributed by atoms with Crippen LogP contribution in [0.5, 0.6) is 0 Å². The fourth-order valence-electron chi connectivity index (χ4n) is 1.65. The molecule has 0 saturated heterocycles. The third-order valence-electron chi connectivity index (χ3n) is 2.75. The molecule has 104 valence electrons. The molecule has 1 aromatic rings. The van der Waals surface area contributed by atoms with Gasteiger partial charge in [-0.1, -0.05) is 24.9 Å². The van der Waals surface area contributed by atoms with Gasteiger partial charge in [0.15, 0.2) is 0 Å². The average Bonchev–Trinajstić information content (AvgIpc) is 2.31. The first-order valence-corrected chi connectivity index (χ1v) is 6.29. The van der Waals surface area contributed by atoms with E-state index in [-0.39, 0.29) is 16.3 Å². The first-order chi connectivity index (χ1) is 8.77. The van der Waals surface area contributed by atoms with E-state index in [0.29, 0.717) is 6.42 Å². The summed E-state index contributed by atoms with van der Waals surface area (Å²) in [4.78, 5) is 22.9. The molecule has 0 aliphatic heterocycles. The summed E-state index contributed by atoms with van der Waals surface area (Å²) in [7, 11) is 0. The van der Waals surface area contributed by atoms with Gasteiger partial charge in [-0.05, 0) is 31.5 Å². The molecule has 0 aliphatic carbocycles. The Morgan fingerprint density at radius 1 is 1.47 bits per heavy atom. The van der Waals surface area contributed by atoms with Gasteiger partial charge in [-0.3, -0.25) is 4.79 Å². The fraction of sp³-hybridized carbons (Fsp3) is 0.385. The van der Waals surface area contributed by atoms with Gasteiger partial charge >= 0.3 is 5.97 Å². The highest BCUT2D eigenvalue weighted by atomic mass is 35.5. The van der Waals surface area contributed by atoms with Crippen LogP contribution >= 0.6 is 11.6 Å². The van der Waals surface area contributed by atoms with E-state index in [0.717, 1.165) is 6.42 Å². The highest BCUT2D eigenvalue weighted by molar-refractivity contribution is 6.34. The van der Waals surface area contributed by atoms with Crippen molar-refractivity contribution in [1.29, 1.82) is 0 Å². The fourth-order valence-corrected chi connectivity index (χ4v) is 1.82. The van der Waals surface area contributed by atoms with E-state index >= 15 is 0 Å². The Hall–Kier alpha value is -1.59. The van der Waals surface area contributed by atoms with Gasteiger partial charge in [0.05, 0.1) is 21.8 Å². The number of anilines is 1. The van der Waals surface area contributed by atoms with Crippen LogP contribution < -0.4 is 11.1 Å². The summed E-state index contributed by atoms with van der Waals surface area (Å²) >= 11 is 5.92. The maximum atomic E-state index is 12.0. The number of halogens is 1. The topological polar surface area (TPSA) is 92.4 Å². The molecule has 0 aromatic heterocycles. The zero-order chi connectivity index (χ0) is 14.6. The largest absolute Gasteiger partial charge is 0.478 e. The third kappa shape index (κ3) is 3.94. The van der Waals surface area contributed by atoms with E-state index in [1.54, 1.807) is 6.92 Å². The summed E-state index contributed by atoms with van der Waals surface area (Å²) in [5.41, 5.74) is 5.18. The van der Waals surface area contributed by atoms with Crippen LogP contribution in [0.1, 0.15) is 37.0 Å². The van der Waals surface area contributed by atoms with Crippen molar-refractivity contribution in [1.82, 2.24) is 0 Å². The lowest BCUT2D eigenvalue weighted by atomic mass is 9.96. The van der Waals surface area contributed by atoms with E-state index < -0.39 is 17.4 Å². The number of nitrogens with one attached hydrogen (secondary N) is 1. The second-order valence-electron chi connectivity index (χ2n) is 4.62. The van der Waals surface area contributed by atoms with Crippen LogP contribution in [0.3, 0.4) is 0 Å². The van der Waals surface area contributed by atoms with Crippen molar-refractivity contribution in [2.45, 2.75) is 32.2 Å². The normalized spacial score (nSPS) is 13.7. The number of carbonyl (C=O) groups is 2. The smallest absolute Gasteiger partial charge is 0.335 e. The molecule has 0 heterocycles. The molecule has 1 atom stereocenters. The molecule has 1 unspecified atom stereocenters. The molecule has 0 bridgehead atoms. The number of hydrogen-bond acceptors (Lipinski definition) is 3. The first kappa shape index (κ1) is 15.5. The van der Waals surface area contributed by atoms with Crippen molar-refractivity contribution in [3.05, 3.63) is 28.8 Å². The van der Waals surface area contributed by atoms with Gasteiger partial charge in [-0.25, -0.2) is 4.79 Å². The van der Waals surface area contributed by atoms with Crippen molar-refractivity contribution in [2.24, 2.45) is 5.73 Å². The Morgan fingerprint density at radius 2 is 2.11 bits per heavy atom. The Labute approximate surface area is 116 Å². The third-order valence-corrected chi connectivity index (χ3v) is 3.08. The highest BCUT2D eigenvalue weighted by Crippen LogP contribution is 2.24.